The maximum Gasteiger partial charge on any atom is 0.409 e. The van der Waals surface area contributed by atoms with Crippen molar-refractivity contribution in [3.63, 3.8) is 0 Å². The molecule has 0 aliphatic carbocycles. The molecule has 2 rings (SSSR count). The third-order valence-electron chi connectivity index (χ3n) is 4.86. The minimum Gasteiger partial charge on any atom is -0.492 e. The predicted molar refractivity (Wildman–Crippen MR) is 115 cm³/mol. The van der Waals surface area contributed by atoms with Crippen LogP contribution < -0.4 is 4.74 Å². The van der Waals surface area contributed by atoms with Crippen molar-refractivity contribution in [2.45, 2.75) is 44.9 Å². The maximum atomic E-state index is 12.1. The highest BCUT2D eigenvalue weighted by Gasteiger charge is 2.24. The zero-order chi connectivity index (χ0) is 20.7. The number of nitro groups is 1. The lowest BCUT2D eigenvalue weighted by molar-refractivity contribution is -0.385. The molecule has 28 heavy (non-hydrogen) atoms. The summed E-state index contributed by atoms with van der Waals surface area (Å²) in [4.78, 5) is 24.4. The normalized spacial score (nSPS) is 15.4. The first-order chi connectivity index (χ1) is 13.2. The number of halogens is 1. The SMILES string of the molecule is C[Si](C)(C)CCOC(=O)N1CCC(CCOc2cc([N+](=O)[O-])ccc2Br)CC1. The Morgan fingerprint density at radius 1 is 1.29 bits per heavy atom. The van der Waals surface area contributed by atoms with Gasteiger partial charge in [-0.25, -0.2) is 4.79 Å². The first-order valence-electron chi connectivity index (χ1n) is 9.64. The standard InChI is InChI=1S/C19H29BrN2O5Si/c1-28(2,3)13-12-27-19(23)21-9-6-15(7-10-21)8-11-26-18-14-16(22(24)25)4-5-17(18)20/h4-5,14-15H,6-13H2,1-3H3. The molecule has 1 amide bonds. The minimum absolute atomic E-state index is 0.0131. The number of carbonyl (C=O) groups excluding carboxylic acids is 1. The summed E-state index contributed by atoms with van der Waals surface area (Å²) >= 11 is 3.36. The van der Waals surface area contributed by atoms with E-state index in [4.69, 9.17) is 9.47 Å². The summed E-state index contributed by atoms with van der Waals surface area (Å²) < 4.78 is 11.9. The van der Waals surface area contributed by atoms with E-state index in [1.807, 2.05) is 0 Å². The predicted octanol–water partition coefficient (Wildman–Crippen LogP) is 5.31. The monoisotopic (exact) mass is 472 g/mol. The molecule has 1 aromatic rings. The summed E-state index contributed by atoms with van der Waals surface area (Å²) in [5, 5.41) is 10.9. The van der Waals surface area contributed by atoms with Crippen LogP contribution in [0.4, 0.5) is 10.5 Å². The van der Waals surface area contributed by atoms with E-state index in [1.165, 1.54) is 12.1 Å². The van der Waals surface area contributed by atoms with Crippen molar-refractivity contribution < 1.29 is 19.2 Å². The van der Waals surface area contributed by atoms with Crippen LogP contribution in [0.3, 0.4) is 0 Å². The number of ether oxygens (including phenoxy) is 2. The molecule has 0 aromatic heterocycles. The van der Waals surface area contributed by atoms with Crippen LogP contribution in [0.2, 0.25) is 25.7 Å². The van der Waals surface area contributed by atoms with Crippen LogP contribution in [0.25, 0.3) is 0 Å². The number of hydrogen-bond donors (Lipinski definition) is 0. The molecule has 1 aliphatic rings. The first-order valence-corrected chi connectivity index (χ1v) is 14.1. The Hall–Kier alpha value is -1.61. The molecule has 0 spiro atoms. The number of nitrogens with zero attached hydrogens (tertiary/aromatic N) is 2. The van der Waals surface area contributed by atoms with Gasteiger partial charge in [-0.05, 0) is 53.2 Å². The smallest absolute Gasteiger partial charge is 0.409 e. The molecule has 0 radical (unpaired) electrons. The van der Waals surface area contributed by atoms with Gasteiger partial charge >= 0.3 is 6.09 Å². The maximum absolute atomic E-state index is 12.1. The molecular formula is C19H29BrN2O5Si. The fourth-order valence-corrected chi connectivity index (χ4v) is 4.07. The highest BCUT2D eigenvalue weighted by Crippen LogP contribution is 2.30. The van der Waals surface area contributed by atoms with Crippen molar-refractivity contribution in [2.75, 3.05) is 26.3 Å². The van der Waals surface area contributed by atoms with E-state index in [9.17, 15) is 14.9 Å². The van der Waals surface area contributed by atoms with Crippen molar-refractivity contribution >= 4 is 35.8 Å². The van der Waals surface area contributed by atoms with Gasteiger partial charge in [0.2, 0.25) is 0 Å². The largest absolute Gasteiger partial charge is 0.492 e. The molecule has 0 saturated carbocycles. The van der Waals surface area contributed by atoms with Gasteiger partial charge in [0.15, 0.2) is 0 Å². The minimum atomic E-state index is -1.19. The van der Waals surface area contributed by atoms with Gasteiger partial charge in [-0.2, -0.15) is 0 Å². The lowest BCUT2D eigenvalue weighted by atomic mass is 9.94. The molecule has 1 heterocycles. The van der Waals surface area contributed by atoms with Crippen LogP contribution >= 0.6 is 15.9 Å². The second kappa shape index (κ2) is 10.2. The van der Waals surface area contributed by atoms with E-state index >= 15 is 0 Å². The summed E-state index contributed by atoms with van der Waals surface area (Å²) in [5.41, 5.74) is 0.0131. The molecule has 1 fully saturated rings. The van der Waals surface area contributed by atoms with Crippen molar-refractivity contribution in [1.82, 2.24) is 4.90 Å². The number of carbonyl (C=O) groups is 1. The Morgan fingerprint density at radius 2 is 1.96 bits per heavy atom. The van der Waals surface area contributed by atoms with E-state index in [-0.39, 0.29) is 11.8 Å². The van der Waals surface area contributed by atoms with Crippen LogP contribution in [-0.4, -0.2) is 50.3 Å². The quantitative estimate of drug-likeness (QED) is 0.290. The summed E-state index contributed by atoms with van der Waals surface area (Å²) in [7, 11) is -1.19. The number of nitro benzene ring substituents is 1. The van der Waals surface area contributed by atoms with E-state index in [1.54, 1.807) is 11.0 Å². The van der Waals surface area contributed by atoms with E-state index in [0.717, 1.165) is 25.3 Å². The number of non-ortho nitro benzene ring substituents is 1. The molecular weight excluding hydrogens is 444 g/mol. The summed E-state index contributed by atoms with van der Waals surface area (Å²) in [6, 6.07) is 5.48. The number of hydrogen-bond acceptors (Lipinski definition) is 5. The van der Waals surface area contributed by atoms with Crippen molar-refractivity contribution in [3.8, 4) is 5.75 Å². The first kappa shape index (κ1) is 22.7. The molecule has 0 unspecified atom stereocenters. The highest BCUT2D eigenvalue weighted by molar-refractivity contribution is 9.10. The van der Waals surface area contributed by atoms with Crippen LogP contribution in [0, 0.1) is 16.0 Å². The van der Waals surface area contributed by atoms with Gasteiger partial charge in [-0.15, -0.1) is 0 Å². The van der Waals surface area contributed by atoms with E-state index in [0.29, 0.717) is 42.4 Å². The number of piperidine rings is 1. The Balaban J connectivity index is 1.70. The molecule has 0 N–H and O–H groups in total. The molecule has 0 bridgehead atoms. The summed E-state index contributed by atoms with van der Waals surface area (Å²) in [6.07, 6.45) is 2.49. The zero-order valence-corrected chi connectivity index (χ0v) is 19.4. The molecule has 156 valence electrons. The fraction of sp³-hybridized carbons (Fsp3) is 0.632. The molecule has 7 nitrogen and oxygen atoms in total. The molecule has 1 aromatic carbocycles. The van der Waals surface area contributed by atoms with Gasteiger partial charge in [0, 0.05) is 27.2 Å². The van der Waals surface area contributed by atoms with Crippen molar-refractivity contribution in [2.24, 2.45) is 5.92 Å². The van der Waals surface area contributed by atoms with Gasteiger partial charge < -0.3 is 14.4 Å². The third kappa shape index (κ3) is 7.42. The topological polar surface area (TPSA) is 81.9 Å². The molecule has 1 saturated heterocycles. The average Bonchev–Trinajstić information content (AvgIpc) is 2.62. The highest BCUT2D eigenvalue weighted by atomic mass is 79.9. The Morgan fingerprint density at radius 3 is 2.57 bits per heavy atom. The van der Waals surface area contributed by atoms with Gasteiger partial charge in [0.05, 0.1) is 28.7 Å². The molecule has 9 heteroatoms. The van der Waals surface area contributed by atoms with Crippen LogP contribution in [0.1, 0.15) is 19.3 Å². The van der Waals surface area contributed by atoms with Crippen molar-refractivity contribution in [3.05, 3.63) is 32.8 Å². The summed E-state index contributed by atoms with van der Waals surface area (Å²) in [5.74, 6) is 0.959. The number of rotatable bonds is 8. The Kier molecular flexibility index (Phi) is 8.30. The number of amides is 1. The molecule has 0 atom stereocenters. The van der Waals surface area contributed by atoms with Gasteiger partial charge in [-0.1, -0.05) is 19.6 Å². The van der Waals surface area contributed by atoms with Gasteiger partial charge in [-0.3, -0.25) is 10.1 Å². The third-order valence-corrected chi connectivity index (χ3v) is 7.22. The zero-order valence-electron chi connectivity index (χ0n) is 16.8. The van der Waals surface area contributed by atoms with Gasteiger partial charge in [0.25, 0.3) is 5.69 Å². The Labute approximate surface area is 175 Å². The number of benzene rings is 1. The van der Waals surface area contributed by atoms with Crippen LogP contribution in [-0.2, 0) is 4.74 Å². The van der Waals surface area contributed by atoms with Crippen LogP contribution in [0.5, 0.6) is 5.75 Å². The lowest BCUT2D eigenvalue weighted by Crippen LogP contribution is -2.39. The van der Waals surface area contributed by atoms with E-state index in [2.05, 4.69) is 35.6 Å². The second-order valence-electron chi connectivity index (χ2n) is 8.36. The second-order valence-corrected chi connectivity index (χ2v) is 14.8. The van der Waals surface area contributed by atoms with Crippen molar-refractivity contribution in [1.29, 1.82) is 0 Å². The lowest BCUT2D eigenvalue weighted by Gasteiger charge is -2.31. The average molecular weight is 473 g/mol. The van der Waals surface area contributed by atoms with Crippen LogP contribution in [0.15, 0.2) is 22.7 Å². The van der Waals surface area contributed by atoms with Gasteiger partial charge in [0.1, 0.15) is 5.75 Å². The molecule has 1 aliphatic heterocycles. The number of likely N-dealkylation sites (tertiary alicyclic amines) is 1. The summed E-state index contributed by atoms with van der Waals surface area (Å²) in [6.45, 7) is 9.21. The Bertz CT molecular complexity index is 687. The van der Waals surface area contributed by atoms with E-state index < -0.39 is 13.0 Å². The fourth-order valence-electron chi connectivity index (χ4n) is 2.99.